The highest BCUT2D eigenvalue weighted by Gasteiger charge is 2.23. The van der Waals surface area contributed by atoms with E-state index >= 15 is 0 Å². The molecule has 0 saturated carbocycles. The Labute approximate surface area is 170 Å². The Morgan fingerprint density at radius 3 is 2.17 bits per heavy atom. The number of piperazine rings is 1. The van der Waals surface area contributed by atoms with Crippen LogP contribution >= 0.6 is 0 Å². The average Bonchev–Trinajstić information content (AvgIpc) is 2.80. The van der Waals surface area contributed by atoms with Crippen molar-refractivity contribution in [3.8, 4) is 5.75 Å². The number of methoxy groups -OCH3 is 1. The van der Waals surface area contributed by atoms with Crippen molar-refractivity contribution in [3.63, 3.8) is 0 Å². The zero-order valence-corrected chi connectivity index (χ0v) is 16.6. The Morgan fingerprint density at radius 1 is 0.931 bits per heavy atom. The molecule has 2 aliphatic heterocycles. The van der Waals surface area contributed by atoms with Gasteiger partial charge in [0.05, 0.1) is 26.0 Å². The molecule has 3 heterocycles. The van der Waals surface area contributed by atoms with Gasteiger partial charge in [0.1, 0.15) is 5.75 Å². The molecule has 0 bridgehead atoms. The summed E-state index contributed by atoms with van der Waals surface area (Å²) in [5.74, 6) is 2.37. The number of ether oxygens (including phenoxy) is 2. The highest BCUT2D eigenvalue weighted by atomic mass is 16.5. The maximum Gasteiger partial charge on any atom is 0.322 e. The van der Waals surface area contributed by atoms with Crippen LogP contribution < -0.4 is 19.9 Å². The smallest absolute Gasteiger partial charge is 0.322 e. The number of amides is 2. The first-order valence-corrected chi connectivity index (χ1v) is 9.85. The second-order valence-electron chi connectivity index (χ2n) is 6.95. The van der Waals surface area contributed by atoms with Crippen molar-refractivity contribution in [3.05, 3.63) is 36.4 Å². The Bertz CT molecular complexity index is 817. The zero-order chi connectivity index (χ0) is 20.1. The van der Waals surface area contributed by atoms with E-state index in [1.807, 2.05) is 36.4 Å². The number of benzene rings is 1. The number of urea groups is 1. The van der Waals surface area contributed by atoms with Crippen molar-refractivity contribution < 1.29 is 14.3 Å². The van der Waals surface area contributed by atoms with E-state index in [4.69, 9.17) is 9.47 Å². The molecule has 9 heteroatoms. The second kappa shape index (κ2) is 8.95. The molecular formula is C20H26N6O3. The Hall–Kier alpha value is -3.07. The molecule has 154 valence electrons. The number of hydrogen-bond acceptors (Lipinski definition) is 7. The minimum Gasteiger partial charge on any atom is -0.495 e. The maximum absolute atomic E-state index is 12.6. The molecule has 0 radical (unpaired) electrons. The van der Waals surface area contributed by atoms with E-state index in [2.05, 4.69) is 25.3 Å². The molecule has 1 aromatic carbocycles. The number of rotatable bonds is 4. The molecule has 0 aliphatic carbocycles. The van der Waals surface area contributed by atoms with Crippen LogP contribution in [0.15, 0.2) is 36.4 Å². The molecule has 2 fully saturated rings. The molecule has 2 aromatic rings. The highest BCUT2D eigenvalue weighted by Crippen LogP contribution is 2.24. The minimum absolute atomic E-state index is 0.122. The zero-order valence-electron chi connectivity index (χ0n) is 16.6. The van der Waals surface area contributed by atoms with Crippen molar-refractivity contribution in [2.45, 2.75) is 0 Å². The van der Waals surface area contributed by atoms with Gasteiger partial charge < -0.3 is 29.5 Å². The third kappa shape index (κ3) is 4.51. The van der Waals surface area contributed by atoms with Gasteiger partial charge in [-0.1, -0.05) is 12.1 Å². The van der Waals surface area contributed by atoms with Gasteiger partial charge in [0.2, 0.25) is 0 Å². The molecule has 2 aliphatic rings. The fourth-order valence-corrected chi connectivity index (χ4v) is 3.53. The second-order valence-corrected chi connectivity index (χ2v) is 6.95. The normalized spacial score (nSPS) is 17.2. The number of nitrogens with zero attached hydrogens (tertiary/aromatic N) is 5. The summed E-state index contributed by atoms with van der Waals surface area (Å²) in [4.78, 5) is 18.7. The topological polar surface area (TPSA) is 83.1 Å². The van der Waals surface area contributed by atoms with Crippen molar-refractivity contribution in [1.82, 2.24) is 15.1 Å². The molecule has 0 spiro atoms. The molecule has 0 atom stereocenters. The Balaban J connectivity index is 1.31. The standard InChI is InChI=1S/C20H26N6O3/c1-28-17-5-3-2-4-16(17)21-20(27)26-10-8-24(9-11-26)18-6-7-19(23-22-18)25-12-14-29-15-13-25/h2-7H,8-15H2,1H3,(H,21,27). The highest BCUT2D eigenvalue weighted by molar-refractivity contribution is 5.91. The van der Waals surface area contributed by atoms with Crippen molar-refractivity contribution in [2.75, 3.05) is 74.7 Å². The van der Waals surface area contributed by atoms with E-state index in [1.54, 1.807) is 12.0 Å². The summed E-state index contributed by atoms with van der Waals surface area (Å²) in [5, 5.41) is 11.7. The van der Waals surface area contributed by atoms with Gasteiger partial charge in [-0.05, 0) is 24.3 Å². The Kier molecular flexibility index (Phi) is 5.95. The van der Waals surface area contributed by atoms with Crippen LogP contribution in [0.3, 0.4) is 0 Å². The predicted molar refractivity (Wildman–Crippen MR) is 111 cm³/mol. The van der Waals surface area contributed by atoms with Gasteiger partial charge in [0.25, 0.3) is 0 Å². The van der Waals surface area contributed by atoms with E-state index in [1.165, 1.54) is 0 Å². The van der Waals surface area contributed by atoms with Crippen LogP contribution in [0.2, 0.25) is 0 Å². The predicted octanol–water partition coefficient (Wildman–Crippen LogP) is 1.68. The van der Waals surface area contributed by atoms with Crippen LogP contribution in [0.4, 0.5) is 22.1 Å². The number of para-hydroxylation sites is 2. The van der Waals surface area contributed by atoms with Gasteiger partial charge in [-0.2, -0.15) is 0 Å². The van der Waals surface area contributed by atoms with Gasteiger partial charge in [0, 0.05) is 39.3 Å². The van der Waals surface area contributed by atoms with E-state index in [-0.39, 0.29) is 6.03 Å². The van der Waals surface area contributed by atoms with Crippen molar-refractivity contribution >= 4 is 23.4 Å². The lowest BCUT2D eigenvalue weighted by Gasteiger charge is -2.35. The van der Waals surface area contributed by atoms with Crippen LogP contribution in [0.1, 0.15) is 0 Å². The van der Waals surface area contributed by atoms with E-state index < -0.39 is 0 Å². The number of anilines is 3. The number of aromatic nitrogens is 2. The molecule has 9 nitrogen and oxygen atoms in total. The van der Waals surface area contributed by atoms with E-state index in [0.717, 1.165) is 37.9 Å². The molecule has 1 aromatic heterocycles. The molecule has 2 amide bonds. The summed E-state index contributed by atoms with van der Waals surface area (Å²) in [6.07, 6.45) is 0. The largest absolute Gasteiger partial charge is 0.495 e. The quantitative estimate of drug-likeness (QED) is 0.839. The van der Waals surface area contributed by atoms with Crippen LogP contribution in [-0.4, -0.2) is 80.7 Å². The number of hydrogen-bond donors (Lipinski definition) is 1. The number of morpholine rings is 1. The SMILES string of the molecule is COc1ccccc1NC(=O)N1CCN(c2ccc(N3CCOCC3)nn2)CC1. The number of carbonyl (C=O) groups is 1. The van der Waals surface area contributed by atoms with E-state index in [9.17, 15) is 4.79 Å². The molecule has 0 unspecified atom stereocenters. The van der Waals surface area contributed by atoms with Gasteiger partial charge >= 0.3 is 6.03 Å². The van der Waals surface area contributed by atoms with Gasteiger partial charge in [-0.3, -0.25) is 0 Å². The first kappa shape index (κ1) is 19.3. The van der Waals surface area contributed by atoms with Crippen molar-refractivity contribution in [1.29, 1.82) is 0 Å². The van der Waals surface area contributed by atoms with Gasteiger partial charge in [-0.25, -0.2) is 4.79 Å². The first-order valence-electron chi connectivity index (χ1n) is 9.85. The van der Waals surface area contributed by atoms with Crippen LogP contribution in [-0.2, 0) is 4.74 Å². The molecule has 2 saturated heterocycles. The third-order valence-corrected chi connectivity index (χ3v) is 5.21. The molecular weight excluding hydrogens is 372 g/mol. The summed E-state index contributed by atoms with van der Waals surface area (Å²) in [7, 11) is 1.59. The monoisotopic (exact) mass is 398 g/mol. The maximum atomic E-state index is 12.6. The minimum atomic E-state index is -0.122. The van der Waals surface area contributed by atoms with Crippen molar-refractivity contribution in [2.24, 2.45) is 0 Å². The van der Waals surface area contributed by atoms with E-state index in [0.29, 0.717) is 37.6 Å². The lowest BCUT2D eigenvalue weighted by Crippen LogP contribution is -2.50. The van der Waals surface area contributed by atoms with Crippen LogP contribution in [0.25, 0.3) is 0 Å². The van der Waals surface area contributed by atoms with Gasteiger partial charge in [0.15, 0.2) is 11.6 Å². The molecule has 4 rings (SSSR count). The fourth-order valence-electron chi connectivity index (χ4n) is 3.53. The third-order valence-electron chi connectivity index (χ3n) is 5.21. The lowest BCUT2D eigenvalue weighted by atomic mass is 10.3. The summed E-state index contributed by atoms with van der Waals surface area (Å²) in [5.41, 5.74) is 0.673. The first-order chi connectivity index (χ1) is 14.2. The summed E-state index contributed by atoms with van der Waals surface area (Å²) in [6.45, 7) is 5.80. The lowest BCUT2D eigenvalue weighted by molar-refractivity contribution is 0.122. The summed E-state index contributed by atoms with van der Waals surface area (Å²) < 4.78 is 10.7. The summed E-state index contributed by atoms with van der Waals surface area (Å²) in [6, 6.07) is 11.3. The molecule has 1 N–H and O–H groups in total. The van der Waals surface area contributed by atoms with Crippen LogP contribution in [0.5, 0.6) is 5.75 Å². The van der Waals surface area contributed by atoms with Gasteiger partial charge in [-0.15, -0.1) is 10.2 Å². The Morgan fingerprint density at radius 2 is 1.55 bits per heavy atom. The average molecular weight is 398 g/mol. The van der Waals surface area contributed by atoms with Crippen LogP contribution in [0, 0.1) is 0 Å². The number of carbonyl (C=O) groups excluding carboxylic acids is 1. The number of nitrogens with one attached hydrogen (secondary N) is 1. The molecule has 29 heavy (non-hydrogen) atoms. The summed E-state index contributed by atoms with van der Waals surface area (Å²) >= 11 is 0. The fraction of sp³-hybridized carbons (Fsp3) is 0.450.